The van der Waals surface area contributed by atoms with E-state index >= 15 is 0 Å². The number of rotatable bonds is 3. The summed E-state index contributed by atoms with van der Waals surface area (Å²) in [7, 11) is 0. The molecule has 2 saturated heterocycles. The van der Waals surface area contributed by atoms with Crippen molar-refractivity contribution in [1.82, 2.24) is 4.90 Å². The quantitative estimate of drug-likeness (QED) is 0.834. The number of nitrogens with zero attached hydrogens (tertiary/aromatic N) is 1. The molecule has 3 nitrogen and oxygen atoms in total. The fourth-order valence-electron chi connectivity index (χ4n) is 2.89. The van der Waals surface area contributed by atoms with E-state index in [0.717, 1.165) is 45.7 Å². The number of hydrogen-bond donors (Lipinski definition) is 1. The lowest BCUT2D eigenvalue weighted by Gasteiger charge is -2.44. The van der Waals surface area contributed by atoms with Crippen molar-refractivity contribution in [2.24, 2.45) is 5.41 Å². The molecule has 100 valence electrons. The van der Waals surface area contributed by atoms with E-state index in [1.165, 1.54) is 5.75 Å². The van der Waals surface area contributed by atoms with Crippen molar-refractivity contribution < 1.29 is 9.84 Å². The van der Waals surface area contributed by atoms with Gasteiger partial charge in [-0.3, -0.25) is 0 Å². The van der Waals surface area contributed by atoms with Gasteiger partial charge in [-0.25, -0.2) is 0 Å². The fourth-order valence-corrected chi connectivity index (χ4v) is 4.07. The van der Waals surface area contributed by atoms with Crippen molar-refractivity contribution in [3.8, 4) is 0 Å². The summed E-state index contributed by atoms with van der Waals surface area (Å²) in [5.41, 5.74) is 0.0936. The van der Waals surface area contributed by atoms with Crippen LogP contribution in [-0.4, -0.2) is 60.0 Å². The molecule has 0 aromatic carbocycles. The molecule has 0 aromatic rings. The van der Waals surface area contributed by atoms with E-state index in [-0.39, 0.29) is 5.41 Å². The SMILES string of the molecule is CC1(C)CN(CC2(CO)CCOCC2)CCS1. The second kappa shape index (κ2) is 5.47. The van der Waals surface area contributed by atoms with E-state index in [9.17, 15) is 5.11 Å². The summed E-state index contributed by atoms with van der Waals surface area (Å²) in [6.45, 7) is 9.91. The van der Waals surface area contributed by atoms with Crippen LogP contribution >= 0.6 is 11.8 Å². The Hall–Kier alpha value is 0.230. The highest BCUT2D eigenvalue weighted by Crippen LogP contribution is 2.35. The number of thioether (sulfide) groups is 1. The molecule has 0 unspecified atom stereocenters. The summed E-state index contributed by atoms with van der Waals surface area (Å²) in [4.78, 5) is 2.54. The second-order valence-corrected chi connectivity index (χ2v) is 7.89. The van der Waals surface area contributed by atoms with Crippen LogP contribution < -0.4 is 0 Å². The normalized spacial score (nSPS) is 29.1. The molecular formula is C13H25NO2S. The maximum atomic E-state index is 9.71. The molecule has 0 aliphatic carbocycles. The Kier molecular flexibility index (Phi) is 4.40. The number of aliphatic hydroxyl groups excluding tert-OH is 1. The first-order chi connectivity index (χ1) is 8.05. The average molecular weight is 259 g/mol. The molecule has 0 aromatic heterocycles. The summed E-state index contributed by atoms with van der Waals surface area (Å²) < 4.78 is 5.78. The number of hydrogen-bond acceptors (Lipinski definition) is 4. The van der Waals surface area contributed by atoms with Crippen LogP contribution in [0.1, 0.15) is 26.7 Å². The Bertz CT molecular complexity index is 252. The highest BCUT2D eigenvalue weighted by Gasteiger charge is 2.36. The van der Waals surface area contributed by atoms with Crippen LogP contribution in [0.4, 0.5) is 0 Å². The third-order valence-electron chi connectivity index (χ3n) is 3.95. The summed E-state index contributed by atoms with van der Waals surface area (Å²) in [6.07, 6.45) is 2.02. The molecule has 0 radical (unpaired) electrons. The topological polar surface area (TPSA) is 32.7 Å². The molecule has 2 fully saturated rings. The van der Waals surface area contributed by atoms with E-state index < -0.39 is 0 Å². The molecule has 0 saturated carbocycles. The van der Waals surface area contributed by atoms with Gasteiger partial charge in [-0.2, -0.15) is 11.8 Å². The van der Waals surface area contributed by atoms with Gasteiger partial charge in [-0.15, -0.1) is 0 Å². The van der Waals surface area contributed by atoms with E-state index in [0.29, 0.717) is 11.4 Å². The zero-order valence-corrected chi connectivity index (χ0v) is 11.9. The van der Waals surface area contributed by atoms with Crippen LogP contribution in [0.5, 0.6) is 0 Å². The summed E-state index contributed by atoms with van der Waals surface area (Å²) in [5.74, 6) is 1.21. The molecular weight excluding hydrogens is 234 g/mol. The van der Waals surface area contributed by atoms with Gasteiger partial charge in [-0.05, 0) is 26.7 Å². The lowest BCUT2D eigenvalue weighted by atomic mass is 9.80. The highest BCUT2D eigenvalue weighted by molar-refractivity contribution is 8.00. The Morgan fingerprint density at radius 2 is 2.00 bits per heavy atom. The third-order valence-corrected chi connectivity index (χ3v) is 5.25. The molecule has 0 atom stereocenters. The van der Waals surface area contributed by atoms with Gasteiger partial charge in [0.05, 0.1) is 6.61 Å². The molecule has 2 heterocycles. The Morgan fingerprint density at radius 3 is 2.59 bits per heavy atom. The highest BCUT2D eigenvalue weighted by atomic mass is 32.2. The minimum Gasteiger partial charge on any atom is -0.396 e. The van der Waals surface area contributed by atoms with Gasteiger partial charge in [0.2, 0.25) is 0 Å². The minimum absolute atomic E-state index is 0.0936. The summed E-state index contributed by atoms with van der Waals surface area (Å²) in [6, 6.07) is 0. The zero-order chi connectivity index (χ0) is 12.4. The van der Waals surface area contributed by atoms with E-state index in [4.69, 9.17) is 4.74 Å². The van der Waals surface area contributed by atoms with E-state index in [2.05, 4.69) is 30.5 Å². The predicted molar refractivity (Wildman–Crippen MR) is 72.5 cm³/mol. The van der Waals surface area contributed by atoms with Gasteiger partial charge in [-0.1, -0.05) is 0 Å². The van der Waals surface area contributed by atoms with Gasteiger partial charge in [0.15, 0.2) is 0 Å². The van der Waals surface area contributed by atoms with Crippen molar-refractivity contribution in [2.45, 2.75) is 31.4 Å². The fraction of sp³-hybridized carbons (Fsp3) is 1.00. The molecule has 4 heteroatoms. The molecule has 2 aliphatic heterocycles. The van der Waals surface area contributed by atoms with Crippen LogP contribution in [0.2, 0.25) is 0 Å². The van der Waals surface area contributed by atoms with E-state index in [1.807, 2.05) is 0 Å². The van der Waals surface area contributed by atoms with Crippen molar-refractivity contribution in [3.05, 3.63) is 0 Å². The van der Waals surface area contributed by atoms with Crippen LogP contribution in [0.15, 0.2) is 0 Å². The lowest BCUT2D eigenvalue weighted by Crippen LogP contribution is -2.50. The first kappa shape index (κ1) is 13.7. The largest absolute Gasteiger partial charge is 0.396 e. The minimum atomic E-state index is 0.0936. The third kappa shape index (κ3) is 3.60. The lowest BCUT2D eigenvalue weighted by molar-refractivity contribution is -0.0347. The Labute approximate surface area is 109 Å². The van der Waals surface area contributed by atoms with Crippen LogP contribution in [0.3, 0.4) is 0 Å². The molecule has 0 bridgehead atoms. The average Bonchev–Trinajstić information content (AvgIpc) is 2.29. The van der Waals surface area contributed by atoms with Crippen molar-refractivity contribution in [2.75, 3.05) is 45.2 Å². The monoisotopic (exact) mass is 259 g/mol. The molecule has 2 aliphatic rings. The van der Waals surface area contributed by atoms with Gasteiger partial charge >= 0.3 is 0 Å². The van der Waals surface area contributed by atoms with Gasteiger partial charge in [0.1, 0.15) is 0 Å². The maximum absolute atomic E-state index is 9.71. The van der Waals surface area contributed by atoms with Crippen molar-refractivity contribution in [3.63, 3.8) is 0 Å². The van der Waals surface area contributed by atoms with Gasteiger partial charge in [0, 0.05) is 48.8 Å². The smallest absolute Gasteiger partial charge is 0.0501 e. The molecule has 17 heavy (non-hydrogen) atoms. The number of aliphatic hydroxyl groups is 1. The summed E-state index contributed by atoms with van der Waals surface area (Å²) >= 11 is 2.06. The Balaban J connectivity index is 1.93. The standard InChI is InChI=1S/C13H25NO2S/c1-12(2)9-14(5-8-17-12)10-13(11-15)3-6-16-7-4-13/h15H,3-11H2,1-2H3. The second-order valence-electron chi connectivity index (χ2n) is 6.09. The van der Waals surface area contributed by atoms with E-state index in [1.54, 1.807) is 0 Å². The first-order valence-electron chi connectivity index (χ1n) is 6.60. The maximum Gasteiger partial charge on any atom is 0.0501 e. The van der Waals surface area contributed by atoms with Gasteiger partial charge < -0.3 is 14.7 Å². The predicted octanol–water partition coefficient (Wildman–Crippen LogP) is 1.60. The molecule has 1 N–H and O–H groups in total. The van der Waals surface area contributed by atoms with Crippen LogP contribution in [0, 0.1) is 5.41 Å². The molecule has 0 amide bonds. The van der Waals surface area contributed by atoms with Crippen molar-refractivity contribution in [1.29, 1.82) is 0 Å². The zero-order valence-electron chi connectivity index (χ0n) is 11.1. The molecule has 0 spiro atoms. The van der Waals surface area contributed by atoms with Crippen molar-refractivity contribution >= 4 is 11.8 Å². The molecule has 2 rings (SSSR count). The summed E-state index contributed by atoms with van der Waals surface area (Å²) in [5, 5.41) is 9.71. The van der Waals surface area contributed by atoms with Gasteiger partial charge in [0.25, 0.3) is 0 Å². The number of ether oxygens (including phenoxy) is 1. The first-order valence-corrected chi connectivity index (χ1v) is 7.59. The van der Waals surface area contributed by atoms with Crippen LogP contribution in [0.25, 0.3) is 0 Å². The Morgan fingerprint density at radius 1 is 1.29 bits per heavy atom. The van der Waals surface area contributed by atoms with Crippen LogP contribution in [-0.2, 0) is 4.74 Å².